The van der Waals surface area contributed by atoms with Gasteiger partial charge in [-0.1, -0.05) is 42.3 Å². The molecule has 0 saturated carbocycles. The number of rotatable bonds is 6. The highest BCUT2D eigenvalue weighted by molar-refractivity contribution is 6.35. The molecule has 150 valence electrons. The molecule has 1 aliphatic heterocycles. The number of carbonyl (C=O) groups is 1. The lowest BCUT2D eigenvalue weighted by Crippen LogP contribution is -2.33. The largest absolute Gasteiger partial charge is 0.482 e. The van der Waals surface area contributed by atoms with Crippen molar-refractivity contribution in [3.05, 3.63) is 58.1 Å². The number of anilines is 1. The molecule has 2 aromatic carbocycles. The predicted octanol–water partition coefficient (Wildman–Crippen LogP) is 5.49. The molecule has 28 heavy (non-hydrogen) atoms. The van der Waals surface area contributed by atoms with Crippen LogP contribution >= 0.6 is 23.2 Å². The first-order valence-electron chi connectivity index (χ1n) is 9.64. The van der Waals surface area contributed by atoms with E-state index in [4.69, 9.17) is 27.9 Å². The van der Waals surface area contributed by atoms with Crippen LogP contribution in [0, 0.1) is 5.92 Å². The van der Waals surface area contributed by atoms with E-state index in [1.807, 2.05) is 6.92 Å². The molecular formula is C22H26Cl2N2O2. The predicted molar refractivity (Wildman–Crippen MR) is 116 cm³/mol. The van der Waals surface area contributed by atoms with E-state index in [2.05, 4.69) is 41.4 Å². The molecule has 0 bridgehead atoms. The van der Waals surface area contributed by atoms with Gasteiger partial charge in [0.1, 0.15) is 5.75 Å². The number of carbonyl (C=O) groups excluding carboxylic acids is 1. The quantitative estimate of drug-likeness (QED) is 0.671. The van der Waals surface area contributed by atoms with Crippen LogP contribution in [0.25, 0.3) is 0 Å². The van der Waals surface area contributed by atoms with Crippen LogP contribution in [-0.2, 0) is 4.79 Å². The average molecular weight is 421 g/mol. The van der Waals surface area contributed by atoms with E-state index < -0.39 is 0 Å². The Labute approximate surface area is 176 Å². The fraction of sp³-hybridized carbons (Fsp3) is 0.409. The summed E-state index contributed by atoms with van der Waals surface area (Å²) in [5.41, 5.74) is 2.31. The van der Waals surface area contributed by atoms with Gasteiger partial charge in [-0.05, 0) is 61.6 Å². The Morgan fingerprint density at radius 1 is 1.18 bits per heavy atom. The Balaban J connectivity index is 1.51. The molecule has 1 amide bonds. The smallest absolute Gasteiger partial charge is 0.258 e. The Hall–Kier alpha value is -1.91. The molecule has 2 aromatic rings. The SMILES string of the molecule is CC1CCN(c2ccc([C@@H](C)NC(=O)COc3ccc(Cl)cc3Cl)cc2)CC1. The second-order valence-electron chi connectivity index (χ2n) is 7.41. The Morgan fingerprint density at radius 2 is 1.86 bits per heavy atom. The Morgan fingerprint density at radius 3 is 2.50 bits per heavy atom. The number of piperidine rings is 1. The number of halogens is 2. The van der Waals surface area contributed by atoms with Crippen molar-refractivity contribution >= 4 is 34.8 Å². The highest BCUT2D eigenvalue weighted by Crippen LogP contribution is 2.27. The van der Waals surface area contributed by atoms with Gasteiger partial charge in [-0.15, -0.1) is 0 Å². The van der Waals surface area contributed by atoms with Gasteiger partial charge < -0.3 is 15.0 Å². The second-order valence-corrected chi connectivity index (χ2v) is 8.26. The van der Waals surface area contributed by atoms with Crippen molar-refractivity contribution in [1.29, 1.82) is 0 Å². The standard InChI is InChI=1S/C22H26Cl2N2O2/c1-15-9-11-26(12-10-15)19-6-3-17(4-7-19)16(2)25-22(27)14-28-21-8-5-18(23)13-20(21)24/h3-8,13,15-16H,9-12,14H2,1-2H3,(H,25,27)/t16-/m1/s1. The van der Waals surface area contributed by atoms with Crippen LogP contribution < -0.4 is 15.0 Å². The lowest BCUT2D eigenvalue weighted by atomic mass is 9.98. The van der Waals surface area contributed by atoms with Crippen LogP contribution in [0.15, 0.2) is 42.5 Å². The van der Waals surface area contributed by atoms with Crippen LogP contribution in [0.4, 0.5) is 5.69 Å². The molecule has 3 rings (SSSR count). The van der Waals surface area contributed by atoms with Gasteiger partial charge in [0.25, 0.3) is 5.91 Å². The first kappa shape index (κ1) is 20.8. The number of amides is 1. The molecule has 1 heterocycles. The summed E-state index contributed by atoms with van der Waals surface area (Å²) in [5.74, 6) is 1.05. The van der Waals surface area contributed by atoms with Gasteiger partial charge in [-0.2, -0.15) is 0 Å². The van der Waals surface area contributed by atoms with Gasteiger partial charge in [-0.3, -0.25) is 4.79 Å². The molecule has 0 unspecified atom stereocenters. The van der Waals surface area contributed by atoms with Crippen LogP contribution in [0.2, 0.25) is 10.0 Å². The van der Waals surface area contributed by atoms with Crippen LogP contribution in [0.1, 0.15) is 38.3 Å². The summed E-state index contributed by atoms with van der Waals surface area (Å²) in [7, 11) is 0. The number of hydrogen-bond acceptors (Lipinski definition) is 3. The molecule has 4 nitrogen and oxygen atoms in total. The molecule has 1 saturated heterocycles. The third-order valence-electron chi connectivity index (χ3n) is 5.17. The summed E-state index contributed by atoms with van der Waals surface area (Å²) in [5, 5.41) is 3.87. The third kappa shape index (κ3) is 5.55. The first-order valence-corrected chi connectivity index (χ1v) is 10.4. The maximum Gasteiger partial charge on any atom is 0.258 e. The van der Waals surface area contributed by atoms with E-state index in [9.17, 15) is 4.79 Å². The molecule has 1 N–H and O–H groups in total. The fourth-order valence-electron chi connectivity index (χ4n) is 3.34. The molecular weight excluding hydrogens is 395 g/mol. The van der Waals surface area contributed by atoms with Gasteiger partial charge in [0.05, 0.1) is 11.1 Å². The van der Waals surface area contributed by atoms with Gasteiger partial charge in [0.2, 0.25) is 0 Å². The highest BCUT2D eigenvalue weighted by atomic mass is 35.5. The molecule has 0 aliphatic carbocycles. The van der Waals surface area contributed by atoms with Gasteiger partial charge in [-0.25, -0.2) is 0 Å². The topological polar surface area (TPSA) is 41.6 Å². The Bertz CT molecular complexity index is 803. The number of hydrogen-bond donors (Lipinski definition) is 1. The van der Waals surface area contributed by atoms with Crippen molar-refractivity contribution in [2.75, 3.05) is 24.6 Å². The number of nitrogens with zero attached hydrogens (tertiary/aromatic N) is 1. The first-order chi connectivity index (χ1) is 13.4. The van der Waals surface area contributed by atoms with E-state index in [-0.39, 0.29) is 18.6 Å². The molecule has 0 spiro atoms. The minimum atomic E-state index is -0.201. The van der Waals surface area contributed by atoms with E-state index in [0.29, 0.717) is 15.8 Å². The lowest BCUT2D eigenvalue weighted by Gasteiger charge is -2.32. The van der Waals surface area contributed by atoms with E-state index in [1.54, 1.807) is 18.2 Å². The highest BCUT2D eigenvalue weighted by Gasteiger charge is 2.17. The third-order valence-corrected chi connectivity index (χ3v) is 5.70. The van der Waals surface area contributed by atoms with E-state index in [1.165, 1.54) is 18.5 Å². The van der Waals surface area contributed by atoms with Crippen molar-refractivity contribution in [3.8, 4) is 5.75 Å². The van der Waals surface area contributed by atoms with Crippen LogP contribution in [0.5, 0.6) is 5.75 Å². The zero-order chi connectivity index (χ0) is 20.1. The van der Waals surface area contributed by atoms with Crippen LogP contribution in [0.3, 0.4) is 0 Å². The summed E-state index contributed by atoms with van der Waals surface area (Å²) in [6.07, 6.45) is 2.48. The van der Waals surface area contributed by atoms with Crippen molar-refractivity contribution < 1.29 is 9.53 Å². The lowest BCUT2D eigenvalue weighted by molar-refractivity contribution is -0.123. The van der Waals surface area contributed by atoms with Crippen LogP contribution in [-0.4, -0.2) is 25.6 Å². The summed E-state index contributed by atoms with van der Waals surface area (Å²) < 4.78 is 5.49. The number of ether oxygens (including phenoxy) is 1. The average Bonchev–Trinajstić information content (AvgIpc) is 2.68. The van der Waals surface area contributed by atoms with Gasteiger partial charge in [0, 0.05) is 23.8 Å². The summed E-state index contributed by atoms with van der Waals surface area (Å²) in [6.45, 7) is 6.39. The van der Waals surface area contributed by atoms with E-state index in [0.717, 1.165) is 24.6 Å². The summed E-state index contributed by atoms with van der Waals surface area (Å²) >= 11 is 11.9. The summed E-state index contributed by atoms with van der Waals surface area (Å²) in [4.78, 5) is 14.6. The van der Waals surface area contributed by atoms with Crippen molar-refractivity contribution in [1.82, 2.24) is 5.32 Å². The van der Waals surface area contributed by atoms with Gasteiger partial charge in [0.15, 0.2) is 6.61 Å². The monoisotopic (exact) mass is 420 g/mol. The second kappa shape index (κ2) is 9.53. The van der Waals surface area contributed by atoms with Crippen molar-refractivity contribution in [3.63, 3.8) is 0 Å². The molecule has 1 atom stereocenters. The zero-order valence-electron chi connectivity index (χ0n) is 16.3. The minimum absolute atomic E-state index is 0.101. The molecule has 0 radical (unpaired) electrons. The van der Waals surface area contributed by atoms with E-state index >= 15 is 0 Å². The van der Waals surface area contributed by atoms with Crippen molar-refractivity contribution in [2.24, 2.45) is 5.92 Å². The Kier molecular flexibility index (Phi) is 7.08. The zero-order valence-corrected chi connectivity index (χ0v) is 17.8. The maximum atomic E-state index is 12.2. The van der Waals surface area contributed by atoms with Crippen molar-refractivity contribution in [2.45, 2.75) is 32.7 Å². The maximum absolute atomic E-state index is 12.2. The molecule has 0 aromatic heterocycles. The molecule has 6 heteroatoms. The number of benzene rings is 2. The fourth-order valence-corrected chi connectivity index (χ4v) is 3.81. The number of nitrogens with one attached hydrogen (secondary N) is 1. The molecule has 1 fully saturated rings. The minimum Gasteiger partial charge on any atom is -0.482 e. The normalized spacial score (nSPS) is 15.9. The summed E-state index contributed by atoms with van der Waals surface area (Å²) in [6, 6.07) is 13.2. The molecule has 1 aliphatic rings. The van der Waals surface area contributed by atoms with Gasteiger partial charge >= 0.3 is 0 Å².